The van der Waals surface area contributed by atoms with Crippen molar-refractivity contribution in [2.75, 3.05) is 0 Å². The summed E-state index contributed by atoms with van der Waals surface area (Å²) in [7, 11) is 0. The van der Waals surface area contributed by atoms with E-state index in [0.29, 0.717) is 16.8 Å². The van der Waals surface area contributed by atoms with Gasteiger partial charge in [0.1, 0.15) is 11.6 Å². The summed E-state index contributed by atoms with van der Waals surface area (Å²) in [4.78, 5) is 24.7. The topological polar surface area (TPSA) is 62.9 Å². The van der Waals surface area contributed by atoms with Crippen LogP contribution in [0.1, 0.15) is 32.7 Å². The highest BCUT2D eigenvalue weighted by Gasteiger charge is 2.16. The van der Waals surface area contributed by atoms with E-state index in [0.717, 1.165) is 10.1 Å². The second-order valence-electron chi connectivity index (χ2n) is 4.77. The summed E-state index contributed by atoms with van der Waals surface area (Å²) in [5.74, 6) is -0.413. The summed E-state index contributed by atoms with van der Waals surface area (Å²) in [5, 5.41) is 9.03. The maximum absolute atomic E-state index is 12.4. The zero-order chi connectivity index (χ0) is 14.9. The first-order chi connectivity index (χ1) is 9.45. The van der Waals surface area contributed by atoms with Crippen molar-refractivity contribution in [3.63, 3.8) is 0 Å². The first-order valence-corrected chi connectivity index (χ1v) is 6.20. The molecule has 0 fully saturated rings. The maximum Gasteiger partial charge on any atom is 0.275 e. The molecule has 1 heterocycles. The molecule has 0 saturated carbocycles. The molecule has 20 heavy (non-hydrogen) atoms. The lowest BCUT2D eigenvalue weighted by Gasteiger charge is -2.10. The summed E-state index contributed by atoms with van der Waals surface area (Å²) in [5.41, 5.74) is 2.02. The van der Waals surface area contributed by atoms with Crippen molar-refractivity contribution in [3.8, 4) is 6.07 Å². The highest BCUT2D eigenvalue weighted by Crippen LogP contribution is 2.09. The molecule has 0 bridgehead atoms. The van der Waals surface area contributed by atoms with E-state index >= 15 is 0 Å². The summed E-state index contributed by atoms with van der Waals surface area (Å²) in [6, 6.07) is 10.5. The molecule has 2 aromatic rings. The monoisotopic (exact) mass is 266 g/mol. The predicted molar refractivity (Wildman–Crippen MR) is 75.8 cm³/mol. The van der Waals surface area contributed by atoms with Crippen LogP contribution < -0.4 is 5.56 Å². The number of carbonyl (C=O) groups is 1. The number of benzene rings is 1. The van der Waals surface area contributed by atoms with Gasteiger partial charge in [-0.15, -0.1) is 0 Å². The molecule has 0 saturated heterocycles. The van der Waals surface area contributed by atoms with Crippen LogP contribution in [-0.2, 0) is 0 Å². The largest absolute Gasteiger partial charge is 0.275 e. The fourth-order valence-corrected chi connectivity index (χ4v) is 2.10. The Balaban J connectivity index is 2.65. The molecule has 0 unspecified atom stereocenters. The lowest BCUT2D eigenvalue weighted by Crippen LogP contribution is -2.31. The molecule has 0 radical (unpaired) electrons. The van der Waals surface area contributed by atoms with E-state index in [1.165, 1.54) is 0 Å². The molecule has 0 amide bonds. The fourth-order valence-electron chi connectivity index (χ4n) is 2.10. The minimum atomic E-state index is -0.560. The van der Waals surface area contributed by atoms with Crippen molar-refractivity contribution in [2.24, 2.45) is 0 Å². The minimum absolute atomic E-state index is 0.0102. The van der Waals surface area contributed by atoms with Crippen LogP contribution in [-0.4, -0.2) is 10.5 Å². The van der Waals surface area contributed by atoms with Crippen molar-refractivity contribution in [1.82, 2.24) is 4.57 Å². The molecule has 100 valence electrons. The second kappa shape index (κ2) is 5.14. The van der Waals surface area contributed by atoms with Gasteiger partial charge in [0.25, 0.3) is 11.5 Å². The van der Waals surface area contributed by atoms with E-state index in [4.69, 9.17) is 5.26 Å². The van der Waals surface area contributed by atoms with Gasteiger partial charge < -0.3 is 0 Å². The molecule has 0 N–H and O–H groups in total. The molecule has 0 aliphatic rings. The van der Waals surface area contributed by atoms with E-state index in [9.17, 15) is 9.59 Å². The highest BCUT2D eigenvalue weighted by molar-refractivity contribution is 5.96. The number of hydrogen-bond acceptors (Lipinski definition) is 3. The standard InChI is InChI=1S/C16H14N2O2/c1-10-4-6-13(7-5-10)15(19)18-12(3)8-11(2)14(9-17)16(18)20/h4-8H,1-3H3. The van der Waals surface area contributed by atoms with Crippen LogP contribution in [0.3, 0.4) is 0 Å². The molecule has 0 aliphatic carbocycles. The lowest BCUT2D eigenvalue weighted by atomic mass is 10.1. The number of aryl methyl sites for hydroxylation is 3. The molecular formula is C16H14N2O2. The third-order valence-electron chi connectivity index (χ3n) is 3.20. The van der Waals surface area contributed by atoms with Crippen LogP contribution in [0.25, 0.3) is 0 Å². The SMILES string of the molecule is Cc1ccc(C(=O)n2c(C)cc(C)c(C#N)c2=O)cc1. The van der Waals surface area contributed by atoms with Crippen LogP contribution in [0.5, 0.6) is 0 Å². The minimum Gasteiger partial charge on any atom is -0.268 e. The van der Waals surface area contributed by atoms with Gasteiger partial charge in [-0.2, -0.15) is 5.26 Å². The molecule has 4 nitrogen and oxygen atoms in total. The van der Waals surface area contributed by atoms with Gasteiger partial charge in [0.2, 0.25) is 0 Å². The molecule has 1 aromatic heterocycles. The summed E-state index contributed by atoms with van der Waals surface area (Å²) < 4.78 is 1.05. The summed E-state index contributed by atoms with van der Waals surface area (Å²) in [6.45, 7) is 5.29. The molecule has 1 aromatic carbocycles. The molecule has 0 atom stereocenters. The van der Waals surface area contributed by atoms with E-state index in [1.54, 1.807) is 32.0 Å². The average Bonchev–Trinajstić information content (AvgIpc) is 2.39. The fraction of sp³-hybridized carbons (Fsp3) is 0.188. The van der Waals surface area contributed by atoms with Crippen LogP contribution in [0.4, 0.5) is 0 Å². The van der Waals surface area contributed by atoms with Gasteiger partial charge in [-0.05, 0) is 44.5 Å². The van der Waals surface area contributed by atoms with Gasteiger partial charge in [-0.1, -0.05) is 17.7 Å². The van der Waals surface area contributed by atoms with Gasteiger partial charge in [0.15, 0.2) is 0 Å². The quantitative estimate of drug-likeness (QED) is 0.795. The third kappa shape index (κ3) is 2.26. The number of nitriles is 1. The van der Waals surface area contributed by atoms with Crippen LogP contribution >= 0.6 is 0 Å². The van der Waals surface area contributed by atoms with Gasteiger partial charge >= 0.3 is 0 Å². The average molecular weight is 266 g/mol. The normalized spacial score (nSPS) is 10.1. The molecule has 2 rings (SSSR count). The number of nitrogens with zero attached hydrogens (tertiary/aromatic N) is 2. The Bertz CT molecular complexity index is 778. The van der Waals surface area contributed by atoms with Crippen molar-refractivity contribution in [2.45, 2.75) is 20.8 Å². The number of carbonyl (C=O) groups excluding carboxylic acids is 1. The first kappa shape index (κ1) is 13.8. The Hall–Kier alpha value is -2.67. The highest BCUT2D eigenvalue weighted by atomic mass is 16.2. The number of rotatable bonds is 1. The number of pyridine rings is 1. The Morgan fingerprint density at radius 3 is 2.30 bits per heavy atom. The molecular weight excluding hydrogens is 252 g/mol. The second-order valence-corrected chi connectivity index (χ2v) is 4.77. The summed E-state index contributed by atoms with van der Waals surface area (Å²) >= 11 is 0. The van der Waals surface area contributed by atoms with Gasteiger partial charge in [0, 0.05) is 11.3 Å². The summed E-state index contributed by atoms with van der Waals surface area (Å²) in [6.07, 6.45) is 0. The Morgan fingerprint density at radius 2 is 1.75 bits per heavy atom. The Labute approximate surface area is 116 Å². The van der Waals surface area contributed by atoms with Crippen LogP contribution in [0, 0.1) is 32.1 Å². The van der Waals surface area contributed by atoms with Crippen molar-refractivity contribution < 1.29 is 4.79 Å². The zero-order valence-corrected chi connectivity index (χ0v) is 11.6. The lowest BCUT2D eigenvalue weighted by molar-refractivity contribution is 0.0953. The van der Waals surface area contributed by atoms with Crippen molar-refractivity contribution in [1.29, 1.82) is 5.26 Å². The number of aromatic nitrogens is 1. The van der Waals surface area contributed by atoms with E-state index in [1.807, 2.05) is 25.1 Å². The van der Waals surface area contributed by atoms with Crippen LogP contribution in [0.2, 0.25) is 0 Å². The Morgan fingerprint density at radius 1 is 1.15 bits per heavy atom. The van der Waals surface area contributed by atoms with Crippen molar-refractivity contribution in [3.05, 3.63) is 68.6 Å². The molecule has 0 aliphatic heterocycles. The smallest absolute Gasteiger partial charge is 0.268 e. The van der Waals surface area contributed by atoms with Crippen LogP contribution in [0.15, 0.2) is 35.1 Å². The molecule has 4 heteroatoms. The molecule has 0 spiro atoms. The zero-order valence-electron chi connectivity index (χ0n) is 11.6. The van der Waals surface area contributed by atoms with Crippen molar-refractivity contribution >= 4 is 5.91 Å². The van der Waals surface area contributed by atoms with E-state index < -0.39 is 11.5 Å². The van der Waals surface area contributed by atoms with Gasteiger partial charge in [0.05, 0.1) is 0 Å². The Kier molecular flexibility index (Phi) is 3.53. The van der Waals surface area contributed by atoms with Gasteiger partial charge in [-0.25, -0.2) is 4.57 Å². The van der Waals surface area contributed by atoms with E-state index in [-0.39, 0.29) is 5.56 Å². The first-order valence-electron chi connectivity index (χ1n) is 6.20. The van der Waals surface area contributed by atoms with E-state index in [2.05, 4.69) is 0 Å². The third-order valence-corrected chi connectivity index (χ3v) is 3.20. The number of hydrogen-bond donors (Lipinski definition) is 0. The van der Waals surface area contributed by atoms with Gasteiger partial charge in [-0.3, -0.25) is 9.59 Å². The predicted octanol–water partition coefficient (Wildman–Crippen LogP) is 2.33. The maximum atomic E-state index is 12.4.